The molecule has 1 saturated heterocycles. The minimum absolute atomic E-state index is 0.0248. The third kappa shape index (κ3) is 4.93. The van der Waals surface area contributed by atoms with Crippen LogP contribution in [0.3, 0.4) is 0 Å². The number of carbonyl (C=O) groups is 1. The topological polar surface area (TPSA) is 117 Å². The second-order valence-corrected chi connectivity index (χ2v) is 10.2. The Hall–Kier alpha value is -3.78. The normalized spacial score (nSPS) is 18.6. The molecule has 1 aromatic carbocycles. The average Bonchev–Trinajstić information content (AvgIpc) is 3.47. The fraction of sp³-hybridized carbons (Fsp3) is 0.261. The van der Waals surface area contributed by atoms with Gasteiger partial charge in [0.1, 0.15) is 17.1 Å². The number of aromatic nitrogens is 3. The van der Waals surface area contributed by atoms with Crippen LogP contribution in [0.2, 0.25) is 0 Å². The molecule has 1 atom stereocenters. The number of nitrogens with one attached hydrogen (secondary N) is 2. The molecule has 1 aliphatic rings. The maximum Gasteiger partial charge on any atom is 0.433 e. The van der Waals surface area contributed by atoms with Gasteiger partial charge in [-0.05, 0) is 49.2 Å². The smallest absolute Gasteiger partial charge is 0.350 e. The number of aromatic amines is 1. The number of amides is 1. The molecule has 0 saturated carbocycles. The molecule has 0 aliphatic carbocycles. The van der Waals surface area contributed by atoms with Crippen molar-refractivity contribution in [3.63, 3.8) is 0 Å². The Morgan fingerprint density at radius 2 is 1.92 bits per heavy atom. The third-order valence-corrected chi connectivity index (χ3v) is 8.01. The number of rotatable bonds is 7. The number of alkyl halides is 3. The molecule has 4 rings (SSSR count). The molecule has 0 spiro atoms. The molecule has 0 radical (unpaired) electrons. The van der Waals surface area contributed by atoms with Crippen LogP contribution in [0.15, 0.2) is 71.1 Å². The molecule has 9 nitrogen and oxygen atoms in total. The summed E-state index contributed by atoms with van der Waals surface area (Å²) in [7, 11) is -4.18. The predicted octanol–water partition coefficient (Wildman–Crippen LogP) is 2.74. The lowest BCUT2D eigenvalue weighted by atomic mass is 9.96. The van der Waals surface area contributed by atoms with Gasteiger partial charge in [0.15, 0.2) is 0 Å². The maximum atomic E-state index is 13.3. The highest BCUT2D eigenvalue weighted by Gasteiger charge is 2.51. The molecule has 37 heavy (non-hydrogen) atoms. The lowest BCUT2D eigenvalue weighted by Crippen LogP contribution is -2.55. The first-order valence-corrected chi connectivity index (χ1v) is 12.4. The van der Waals surface area contributed by atoms with E-state index in [4.69, 9.17) is 0 Å². The van der Waals surface area contributed by atoms with E-state index in [1.165, 1.54) is 12.3 Å². The van der Waals surface area contributed by atoms with Gasteiger partial charge < -0.3 is 5.32 Å². The van der Waals surface area contributed by atoms with Crippen LogP contribution >= 0.6 is 0 Å². The molecule has 14 heteroatoms. The van der Waals surface area contributed by atoms with Gasteiger partial charge >= 0.3 is 6.18 Å². The highest BCUT2D eigenvalue weighted by atomic mass is 32.2. The van der Waals surface area contributed by atoms with Gasteiger partial charge in [-0.3, -0.25) is 19.4 Å². The molecule has 1 fully saturated rings. The zero-order chi connectivity index (χ0) is 27.0. The Morgan fingerprint density at radius 3 is 2.51 bits per heavy atom. The number of carbonyl (C=O) groups excluding carboxylic acids is 1. The Kier molecular flexibility index (Phi) is 6.81. The number of hydrogen-bond acceptors (Lipinski definition) is 5. The second kappa shape index (κ2) is 9.59. The second-order valence-electron chi connectivity index (χ2n) is 8.31. The van der Waals surface area contributed by atoms with Crippen LogP contribution < -0.4 is 10.9 Å². The number of H-pyrrole nitrogens is 1. The van der Waals surface area contributed by atoms with Crippen molar-refractivity contribution < 1.29 is 30.8 Å². The van der Waals surface area contributed by atoms with Crippen LogP contribution in [0.25, 0.3) is 5.69 Å². The van der Waals surface area contributed by atoms with E-state index in [0.717, 1.165) is 51.6 Å². The van der Waals surface area contributed by atoms with E-state index in [1.54, 1.807) is 0 Å². The summed E-state index contributed by atoms with van der Waals surface area (Å²) in [5, 5.41) is 4.98. The fourth-order valence-corrected chi connectivity index (χ4v) is 5.91. The highest BCUT2D eigenvalue weighted by molar-refractivity contribution is 7.89. The summed E-state index contributed by atoms with van der Waals surface area (Å²) in [4.78, 5) is 28.8. The standard InChI is InChI=1S/C23H21F4N5O4S/c1-2-22(10-3-11-32(22)37(35,36)18-7-4-16(24)5-8-18)21(34)29-12-15-14-31(30-20(15)33)17-6-9-19(28-13-17)23(25,26)27/h2,4-9,13-14H,1,3,10-12H2,(H,29,34)(H,30,33)/t22-/m0/s1. The van der Waals surface area contributed by atoms with E-state index in [2.05, 4.69) is 22.0 Å². The fourth-order valence-electron chi connectivity index (χ4n) is 4.13. The number of pyridine rings is 1. The first kappa shape index (κ1) is 26.3. The van der Waals surface area contributed by atoms with E-state index < -0.39 is 44.7 Å². The molecule has 0 unspecified atom stereocenters. The van der Waals surface area contributed by atoms with Crippen molar-refractivity contribution in [3.05, 3.63) is 88.9 Å². The zero-order valence-corrected chi connectivity index (χ0v) is 19.9. The van der Waals surface area contributed by atoms with Crippen molar-refractivity contribution in [2.45, 2.75) is 36.0 Å². The van der Waals surface area contributed by atoms with Crippen molar-refractivity contribution in [3.8, 4) is 5.69 Å². The summed E-state index contributed by atoms with van der Waals surface area (Å²) in [6, 6.07) is 6.10. The van der Waals surface area contributed by atoms with Crippen LogP contribution in [0, 0.1) is 5.82 Å². The third-order valence-electron chi connectivity index (χ3n) is 6.05. The molecule has 1 amide bonds. The van der Waals surface area contributed by atoms with Gasteiger partial charge in [-0.2, -0.15) is 17.5 Å². The average molecular weight is 540 g/mol. The SMILES string of the molecule is C=C[C@@]1(C(=O)NCc2cn(-c3ccc(C(F)(F)F)nc3)[nH]c2=O)CCCN1S(=O)(=O)c1ccc(F)cc1. The predicted molar refractivity (Wildman–Crippen MR) is 123 cm³/mol. The number of sulfonamides is 1. The summed E-state index contributed by atoms with van der Waals surface area (Å²) < 4.78 is 80.1. The van der Waals surface area contributed by atoms with Gasteiger partial charge in [0.05, 0.1) is 22.3 Å². The lowest BCUT2D eigenvalue weighted by Gasteiger charge is -2.33. The van der Waals surface area contributed by atoms with Gasteiger partial charge in [-0.25, -0.2) is 17.8 Å². The number of benzene rings is 1. The van der Waals surface area contributed by atoms with Gasteiger partial charge in [0.2, 0.25) is 15.9 Å². The Morgan fingerprint density at radius 1 is 1.22 bits per heavy atom. The van der Waals surface area contributed by atoms with Crippen LogP contribution in [0.4, 0.5) is 17.6 Å². The Labute approximate surface area is 208 Å². The Bertz CT molecular complexity index is 1480. The van der Waals surface area contributed by atoms with E-state index >= 15 is 0 Å². The number of halogens is 4. The molecular formula is C23H21F4N5O4S. The van der Waals surface area contributed by atoms with Gasteiger partial charge in [-0.1, -0.05) is 6.08 Å². The van der Waals surface area contributed by atoms with E-state index in [-0.39, 0.29) is 35.7 Å². The van der Waals surface area contributed by atoms with Crippen molar-refractivity contribution in [2.75, 3.05) is 6.54 Å². The van der Waals surface area contributed by atoms with E-state index in [0.29, 0.717) is 6.42 Å². The largest absolute Gasteiger partial charge is 0.433 e. The molecular weight excluding hydrogens is 518 g/mol. The first-order valence-electron chi connectivity index (χ1n) is 10.9. The van der Waals surface area contributed by atoms with E-state index in [9.17, 15) is 35.6 Å². The molecule has 1 aliphatic heterocycles. The van der Waals surface area contributed by atoms with Crippen LogP contribution in [-0.2, 0) is 27.5 Å². The highest BCUT2D eigenvalue weighted by Crippen LogP contribution is 2.36. The zero-order valence-electron chi connectivity index (χ0n) is 19.1. The van der Waals surface area contributed by atoms with E-state index in [1.807, 2.05) is 0 Å². The summed E-state index contributed by atoms with van der Waals surface area (Å²) in [5.74, 6) is -1.33. The van der Waals surface area contributed by atoms with Crippen molar-refractivity contribution in [2.24, 2.45) is 0 Å². The minimum atomic E-state index is -4.61. The number of nitrogens with zero attached hydrogens (tertiary/aromatic N) is 3. The van der Waals surface area contributed by atoms with Crippen molar-refractivity contribution in [1.82, 2.24) is 24.4 Å². The van der Waals surface area contributed by atoms with Crippen LogP contribution in [0.5, 0.6) is 0 Å². The maximum absolute atomic E-state index is 13.3. The van der Waals surface area contributed by atoms with Crippen LogP contribution in [-0.4, -0.2) is 45.5 Å². The quantitative estimate of drug-likeness (QED) is 0.354. The lowest BCUT2D eigenvalue weighted by molar-refractivity contribution is -0.141. The first-order chi connectivity index (χ1) is 17.4. The molecule has 0 bridgehead atoms. The summed E-state index contributed by atoms with van der Waals surface area (Å²) in [5.41, 5.74) is -3.13. The summed E-state index contributed by atoms with van der Waals surface area (Å²) >= 11 is 0. The Balaban J connectivity index is 1.53. The molecule has 2 N–H and O–H groups in total. The van der Waals surface area contributed by atoms with Gasteiger partial charge in [0.25, 0.3) is 5.56 Å². The van der Waals surface area contributed by atoms with Crippen molar-refractivity contribution in [1.29, 1.82) is 0 Å². The monoisotopic (exact) mass is 539 g/mol. The van der Waals surface area contributed by atoms with Crippen molar-refractivity contribution >= 4 is 15.9 Å². The summed E-state index contributed by atoms with van der Waals surface area (Å²) in [6.07, 6.45) is -0.675. The molecule has 3 aromatic rings. The molecule has 2 aromatic heterocycles. The van der Waals surface area contributed by atoms with Gasteiger partial charge in [0, 0.05) is 19.3 Å². The molecule has 196 valence electrons. The number of hydrogen-bond donors (Lipinski definition) is 2. The molecule has 3 heterocycles. The van der Waals surface area contributed by atoms with Crippen LogP contribution in [0.1, 0.15) is 24.1 Å². The van der Waals surface area contributed by atoms with Gasteiger partial charge in [-0.15, -0.1) is 6.58 Å². The summed E-state index contributed by atoms with van der Waals surface area (Å²) in [6.45, 7) is 3.39. The minimum Gasteiger partial charge on any atom is -0.350 e.